The topological polar surface area (TPSA) is 60.4 Å². The molecule has 0 radical (unpaired) electrons. The monoisotopic (exact) mass is 507 g/mol. The van der Waals surface area contributed by atoms with Gasteiger partial charge in [-0.3, -0.25) is 9.29 Å². The van der Waals surface area contributed by atoms with Gasteiger partial charge in [-0.1, -0.05) is 24.3 Å². The van der Waals surface area contributed by atoms with E-state index < -0.39 is 17.6 Å². The lowest BCUT2D eigenvalue weighted by Gasteiger charge is -2.44. The third-order valence-electron chi connectivity index (χ3n) is 7.48. The van der Waals surface area contributed by atoms with E-state index in [-0.39, 0.29) is 12.6 Å². The number of halogens is 1. The molecule has 2 heterocycles. The van der Waals surface area contributed by atoms with Crippen LogP contribution in [-0.4, -0.2) is 57.1 Å². The summed E-state index contributed by atoms with van der Waals surface area (Å²) in [6.45, 7) is 4.52. The number of ether oxygens (including phenoxy) is 4. The van der Waals surface area contributed by atoms with Gasteiger partial charge in [0.2, 0.25) is 0 Å². The number of aliphatic hydroxyl groups is 1. The molecule has 196 valence electrons. The Balaban J connectivity index is 1.41. The highest BCUT2D eigenvalue weighted by Crippen LogP contribution is 2.54. The molecule has 0 spiro atoms. The molecule has 0 aliphatic carbocycles. The van der Waals surface area contributed by atoms with E-state index in [1.54, 1.807) is 14.2 Å². The molecule has 5 rings (SSSR count). The van der Waals surface area contributed by atoms with Crippen LogP contribution in [0, 0.1) is 5.92 Å². The quantitative estimate of drug-likeness (QED) is 0.435. The van der Waals surface area contributed by atoms with Crippen LogP contribution in [0.2, 0.25) is 0 Å². The molecule has 3 atom stereocenters. The van der Waals surface area contributed by atoms with Crippen LogP contribution in [0.5, 0.6) is 23.0 Å². The van der Waals surface area contributed by atoms with E-state index in [4.69, 9.17) is 18.9 Å². The molecule has 0 amide bonds. The minimum Gasteiger partial charge on any atom is -0.497 e. The predicted octanol–water partition coefficient (Wildman–Crippen LogP) is 5.11. The van der Waals surface area contributed by atoms with Gasteiger partial charge in [0.25, 0.3) is 0 Å². The van der Waals surface area contributed by atoms with Crippen molar-refractivity contribution in [1.82, 2.24) is 4.90 Å². The maximum absolute atomic E-state index is 12.6. The molecule has 0 saturated carbocycles. The highest BCUT2D eigenvalue weighted by Gasteiger charge is 2.48. The van der Waals surface area contributed by atoms with Crippen LogP contribution >= 0.6 is 0 Å². The maximum Gasteiger partial charge on any atom is 0.134 e. The number of hydrogen-bond acceptors (Lipinski definition) is 6. The number of hydrogen-bond donors (Lipinski definition) is 1. The van der Waals surface area contributed by atoms with Gasteiger partial charge in [0.05, 0.1) is 26.8 Å². The molecule has 2 aliphatic heterocycles. The van der Waals surface area contributed by atoms with Crippen molar-refractivity contribution in [2.75, 3.05) is 47.1 Å². The van der Waals surface area contributed by atoms with Crippen molar-refractivity contribution in [1.29, 1.82) is 0 Å². The third kappa shape index (κ3) is 5.11. The Morgan fingerprint density at radius 3 is 2.35 bits per heavy atom. The number of benzene rings is 3. The molecule has 3 aromatic rings. The number of fused-ring (bicyclic) bond motifs is 1. The first kappa shape index (κ1) is 25.4. The summed E-state index contributed by atoms with van der Waals surface area (Å²) < 4.78 is 36.0. The molecule has 0 aromatic heterocycles. The van der Waals surface area contributed by atoms with Gasteiger partial charge in [-0.15, -0.1) is 0 Å². The predicted molar refractivity (Wildman–Crippen MR) is 140 cm³/mol. The molecular formula is C30H34FNO5. The number of nitrogens with zero attached hydrogens (tertiary/aromatic N) is 1. The minimum absolute atomic E-state index is 0.177. The summed E-state index contributed by atoms with van der Waals surface area (Å²) in [4.78, 5) is 2.20. The Hall–Kier alpha value is -3.29. The van der Waals surface area contributed by atoms with Crippen molar-refractivity contribution in [2.24, 2.45) is 5.92 Å². The lowest BCUT2D eigenvalue weighted by atomic mass is 9.71. The molecule has 6 nitrogen and oxygen atoms in total. The molecule has 7 heteroatoms. The summed E-state index contributed by atoms with van der Waals surface area (Å²) in [5.74, 6) is 2.52. The minimum atomic E-state index is -1.25. The molecule has 1 N–H and O–H groups in total. The van der Waals surface area contributed by atoms with Gasteiger partial charge >= 0.3 is 0 Å². The van der Waals surface area contributed by atoms with E-state index in [1.807, 2.05) is 73.7 Å². The SMILES string of the molecule is COc1cccc(C2C(c3ccc(OCCN4CC(CF)C4)cc3)Oc3ccc(OC)cc3C2(C)O)c1. The van der Waals surface area contributed by atoms with Crippen LogP contribution in [0.4, 0.5) is 4.39 Å². The van der Waals surface area contributed by atoms with E-state index in [1.165, 1.54) is 0 Å². The molecule has 3 aromatic carbocycles. The fourth-order valence-electron chi connectivity index (χ4n) is 5.40. The largest absolute Gasteiger partial charge is 0.497 e. The first-order valence-corrected chi connectivity index (χ1v) is 12.7. The Bertz CT molecular complexity index is 1210. The first-order valence-electron chi connectivity index (χ1n) is 12.7. The number of rotatable bonds is 9. The van der Waals surface area contributed by atoms with E-state index in [0.717, 1.165) is 36.5 Å². The summed E-state index contributed by atoms with van der Waals surface area (Å²) in [5, 5.41) is 12.0. The molecule has 37 heavy (non-hydrogen) atoms. The summed E-state index contributed by atoms with van der Waals surface area (Å²) in [7, 11) is 3.24. The Morgan fingerprint density at radius 1 is 0.946 bits per heavy atom. The second kappa shape index (κ2) is 10.6. The first-order chi connectivity index (χ1) is 17.9. The molecule has 2 aliphatic rings. The Morgan fingerprint density at radius 2 is 1.65 bits per heavy atom. The molecule has 1 saturated heterocycles. The van der Waals surface area contributed by atoms with Gasteiger partial charge < -0.3 is 24.1 Å². The average Bonchev–Trinajstić information content (AvgIpc) is 2.89. The molecule has 1 fully saturated rings. The number of alkyl halides is 1. The summed E-state index contributed by atoms with van der Waals surface area (Å²) >= 11 is 0. The zero-order valence-corrected chi connectivity index (χ0v) is 21.5. The van der Waals surface area contributed by atoms with Crippen molar-refractivity contribution >= 4 is 0 Å². The summed E-state index contributed by atoms with van der Waals surface area (Å²) in [6.07, 6.45) is -0.448. The van der Waals surface area contributed by atoms with Gasteiger partial charge in [0, 0.05) is 31.1 Å². The van der Waals surface area contributed by atoms with Crippen LogP contribution < -0.4 is 18.9 Å². The lowest BCUT2D eigenvalue weighted by molar-refractivity contribution is -0.0427. The standard InChI is InChI=1S/C30H34FNO5/c1-30(33)26-16-25(35-3)11-12-27(26)37-29(28(30)22-5-4-6-24(15-22)34-2)21-7-9-23(10-8-21)36-14-13-32-18-20(17-31)19-32/h4-12,15-16,20,28-29,33H,13-14,17-19H2,1-3H3. The zero-order valence-electron chi connectivity index (χ0n) is 21.5. The molecule has 0 bridgehead atoms. The molecular weight excluding hydrogens is 473 g/mol. The van der Waals surface area contributed by atoms with Gasteiger partial charge in [-0.25, -0.2) is 0 Å². The summed E-state index contributed by atoms with van der Waals surface area (Å²) in [6, 6.07) is 21.1. The van der Waals surface area contributed by atoms with Crippen LogP contribution in [0.1, 0.15) is 35.6 Å². The zero-order chi connectivity index (χ0) is 26.0. The van der Waals surface area contributed by atoms with Crippen LogP contribution in [0.3, 0.4) is 0 Å². The average molecular weight is 508 g/mol. The number of methoxy groups -OCH3 is 2. The van der Waals surface area contributed by atoms with Gasteiger partial charge in [0.15, 0.2) is 0 Å². The van der Waals surface area contributed by atoms with Crippen molar-refractivity contribution in [2.45, 2.75) is 24.5 Å². The highest BCUT2D eigenvalue weighted by molar-refractivity contribution is 5.50. The van der Waals surface area contributed by atoms with Gasteiger partial charge in [-0.2, -0.15) is 0 Å². The molecule has 3 unspecified atom stereocenters. The van der Waals surface area contributed by atoms with Crippen LogP contribution in [0.25, 0.3) is 0 Å². The third-order valence-corrected chi connectivity index (χ3v) is 7.48. The van der Waals surface area contributed by atoms with Gasteiger partial charge in [-0.05, 0) is 60.5 Å². The smallest absolute Gasteiger partial charge is 0.134 e. The van der Waals surface area contributed by atoms with Crippen LogP contribution in [0.15, 0.2) is 66.7 Å². The van der Waals surface area contributed by atoms with Crippen molar-refractivity contribution in [3.8, 4) is 23.0 Å². The second-order valence-electron chi connectivity index (χ2n) is 10.00. The van der Waals surface area contributed by atoms with E-state index >= 15 is 0 Å². The normalized spacial score (nSPS) is 23.5. The van der Waals surface area contributed by atoms with E-state index in [2.05, 4.69) is 4.90 Å². The summed E-state index contributed by atoms with van der Waals surface area (Å²) in [5.41, 5.74) is 1.26. The van der Waals surface area contributed by atoms with Crippen molar-refractivity contribution < 1.29 is 28.4 Å². The second-order valence-corrected chi connectivity index (χ2v) is 10.00. The maximum atomic E-state index is 12.6. The fraction of sp³-hybridized carbons (Fsp3) is 0.400. The number of likely N-dealkylation sites (tertiary alicyclic amines) is 1. The Kier molecular flexibility index (Phi) is 7.26. The van der Waals surface area contributed by atoms with Crippen molar-refractivity contribution in [3.05, 3.63) is 83.4 Å². The van der Waals surface area contributed by atoms with Gasteiger partial charge in [0.1, 0.15) is 41.3 Å². The van der Waals surface area contributed by atoms with Crippen molar-refractivity contribution in [3.63, 3.8) is 0 Å². The van der Waals surface area contributed by atoms with Crippen LogP contribution in [-0.2, 0) is 5.60 Å². The highest BCUT2D eigenvalue weighted by atomic mass is 19.1. The fourth-order valence-corrected chi connectivity index (χ4v) is 5.40. The van der Waals surface area contributed by atoms with E-state index in [0.29, 0.717) is 29.4 Å². The van der Waals surface area contributed by atoms with E-state index in [9.17, 15) is 9.50 Å². The lowest BCUT2D eigenvalue weighted by Crippen LogP contribution is -2.49. The Labute approximate surface area is 217 Å².